The molecule has 138 valence electrons. The van der Waals surface area contributed by atoms with Crippen LogP contribution in [0.15, 0.2) is 53.0 Å². The van der Waals surface area contributed by atoms with E-state index in [1.807, 2.05) is 36.4 Å². The van der Waals surface area contributed by atoms with Gasteiger partial charge in [-0.1, -0.05) is 54.2 Å². The molecule has 0 saturated heterocycles. The van der Waals surface area contributed by atoms with Gasteiger partial charge >= 0.3 is 0 Å². The molecule has 0 aliphatic heterocycles. The number of carbonyl (C=O) groups excluding carboxylic acids is 1. The third-order valence-electron chi connectivity index (χ3n) is 3.72. The zero-order chi connectivity index (χ0) is 18.8. The molecule has 0 aromatic heterocycles. The molecule has 0 heterocycles. The summed E-state index contributed by atoms with van der Waals surface area (Å²) in [6.07, 6.45) is 4.49. The number of amides is 1. The Labute approximate surface area is 168 Å². The second-order valence-electron chi connectivity index (χ2n) is 5.82. The minimum absolute atomic E-state index is 0.245. The quantitative estimate of drug-likeness (QED) is 0.423. The summed E-state index contributed by atoms with van der Waals surface area (Å²) < 4.78 is 6.76. The van der Waals surface area contributed by atoms with Crippen molar-refractivity contribution in [1.29, 1.82) is 0 Å². The minimum atomic E-state index is -0.288. The zero-order valence-electron chi connectivity index (χ0n) is 14.8. The molecule has 2 N–H and O–H groups in total. The Kier molecular flexibility index (Phi) is 8.58. The van der Waals surface area contributed by atoms with Crippen molar-refractivity contribution in [2.24, 2.45) is 0 Å². The summed E-state index contributed by atoms with van der Waals surface area (Å²) in [7, 11) is 0. The van der Waals surface area contributed by atoms with E-state index < -0.39 is 0 Å². The van der Waals surface area contributed by atoms with Gasteiger partial charge in [0.2, 0.25) is 0 Å². The Hall–Kier alpha value is -1.92. The van der Waals surface area contributed by atoms with Crippen LogP contribution in [-0.4, -0.2) is 17.6 Å². The van der Waals surface area contributed by atoms with Crippen molar-refractivity contribution in [2.45, 2.75) is 32.6 Å². The first-order valence-electron chi connectivity index (χ1n) is 8.70. The second-order valence-corrected chi connectivity index (χ2v) is 7.14. The maximum atomic E-state index is 12.5. The van der Waals surface area contributed by atoms with Crippen LogP contribution in [-0.2, 0) is 0 Å². The molecule has 0 radical (unpaired) electrons. The molecule has 0 aliphatic carbocycles. The van der Waals surface area contributed by atoms with Gasteiger partial charge in [-0.05, 0) is 55.0 Å². The molecule has 2 aromatic rings. The monoisotopic (exact) mass is 434 g/mol. The molecule has 0 fully saturated rings. The maximum absolute atomic E-state index is 12.5. The third-order valence-corrected chi connectivity index (χ3v) is 4.45. The highest BCUT2D eigenvalue weighted by Crippen LogP contribution is 2.19. The minimum Gasteiger partial charge on any atom is -0.493 e. The van der Waals surface area contributed by atoms with Crippen LogP contribution in [0.2, 0.25) is 0 Å². The SMILES string of the molecule is CCCCCCOc1ccccc1C(=O)NC(=S)Nc1ccc(Br)cc1. The fraction of sp³-hybridized carbons (Fsp3) is 0.300. The average molecular weight is 435 g/mol. The van der Waals surface area contributed by atoms with Crippen molar-refractivity contribution in [3.05, 3.63) is 58.6 Å². The predicted molar refractivity (Wildman–Crippen MR) is 114 cm³/mol. The molecule has 0 spiro atoms. The molecular formula is C20H23BrN2O2S. The molecule has 0 saturated carbocycles. The molecule has 6 heteroatoms. The summed E-state index contributed by atoms with van der Waals surface area (Å²) in [6, 6.07) is 14.7. The average Bonchev–Trinajstić information content (AvgIpc) is 2.63. The van der Waals surface area contributed by atoms with Crippen molar-refractivity contribution in [3.8, 4) is 5.75 Å². The van der Waals surface area contributed by atoms with Gasteiger partial charge in [0.05, 0.1) is 12.2 Å². The van der Waals surface area contributed by atoms with Gasteiger partial charge in [0, 0.05) is 10.2 Å². The molecule has 2 aromatic carbocycles. The van der Waals surface area contributed by atoms with Crippen molar-refractivity contribution in [3.63, 3.8) is 0 Å². The lowest BCUT2D eigenvalue weighted by molar-refractivity contribution is 0.0973. The molecule has 4 nitrogen and oxygen atoms in total. The lowest BCUT2D eigenvalue weighted by Gasteiger charge is -2.13. The van der Waals surface area contributed by atoms with Crippen molar-refractivity contribution >= 4 is 44.9 Å². The summed E-state index contributed by atoms with van der Waals surface area (Å²) in [6.45, 7) is 2.78. The number of hydrogen-bond acceptors (Lipinski definition) is 3. The van der Waals surface area contributed by atoms with Gasteiger partial charge in [-0.2, -0.15) is 0 Å². The zero-order valence-corrected chi connectivity index (χ0v) is 17.2. The molecule has 26 heavy (non-hydrogen) atoms. The number of para-hydroxylation sites is 1. The molecule has 0 atom stereocenters. The van der Waals surface area contributed by atoms with E-state index in [0.29, 0.717) is 17.9 Å². The Morgan fingerprint density at radius 2 is 1.81 bits per heavy atom. The second kappa shape index (κ2) is 10.9. The van der Waals surface area contributed by atoms with E-state index in [1.54, 1.807) is 12.1 Å². The van der Waals surface area contributed by atoms with Gasteiger partial charge in [-0.15, -0.1) is 0 Å². The van der Waals surface area contributed by atoms with Crippen LogP contribution < -0.4 is 15.4 Å². The van der Waals surface area contributed by atoms with Crippen molar-refractivity contribution in [1.82, 2.24) is 5.32 Å². The normalized spacial score (nSPS) is 10.2. The van der Waals surface area contributed by atoms with Crippen LogP contribution in [0, 0.1) is 0 Å². The number of halogens is 1. The largest absolute Gasteiger partial charge is 0.493 e. The summed E-state index contributed by atoms with van der Waals surface area (Å²) in [4.78, 5) is 12.5. The summed E-state index contributed by atoms with van der Waals surface area (Å²) in [5, 5.41) is 5.94. The molecule has 0 bridgehead atoms. The van der Waals surface area contributed by atoms with Gasteiger partial charge in [0.1, 0.15) is 5.75 Å². The molecule has 0 aliphatic rings. The fourth-order valence-electron chi connectivity index (χ4n) is 2.36. The topological polar surface area (TPSA) is 50.4 Å². The van der Waals surface area contributed by atoms with Crippen LogP contribution in [0.5, 0.6) is 5.75 Å². The van der Waals surface area contributed by atoms with Gasteiger partial charge in [-0.25, -0.2) is 0 Å². The lowest BCUT2D eigenvalue weighted by atomic mass is 10.2. The van der Waals surface area contributed by atoms with Crippen LogP contribution >= 0.6 is 28.1 Å². The number of hydrogen-bond donors (Lipinski definition) is 2. The van der Waals surface area contributed by atoms with Crippen molar-refractivity contribution < 1.29 is 9.53 Å². The highest BCUT2D eigenvalue weighted by atomic mass is 79.9. The number of anilines is 1. The smallest absolute Gasteiger partial charge is 0.261 e. The van der Waals surface area contributed by atoms with Gasteiger partial charge in [0.15, 0.2) is 5.11 Å². The predicted octanol–water partition coefficient (Wildman–Crippen LogP) is 5.54. The first-order chi connectivity index (χ1) is 12.6. The number of thiocarbonyl (C=S) groups is 1. The Morgan fingerprint density at radius 1 is 1.08 bits per heavy atom. The van der Waals surface area contributed by atoms with Crippen molar-refractivity contribution in [2.75, 3.05) is 11.9 Å². The van der Waals surface area contributed by atoms with E-state index in [-0.39, 0.29) is 11.0 Å². The number of carbonyl (C=O) groups is 1. The third kappa shape index (κ3) is 6.77. The number of ether oxygens (including phenoxy) is 1. The molecular weight excluding hydrogens is 412 g/mol. The van der Waals surface area contributed by atoms with E-state index in [1.165, 1.54) is 12.8 Å². The first kappa shape index (κ1) is 20.4. The van der Waals surface area contributed by atoms with E-state index in [9.17, 15) is 4.79 Å². The van der Waals surface area contributed by atoms with E-state index in [4.69, 9.17) is 17.0 Å². The maximum Gasteiger partial charge on any atom is 0.261 e. The standard InChI is InChI=1S/C20H23BrN2O2S/c1-2-3-4-7-14-25-18-9-6-5-8-17(18)19(24)23-20(26)22-16-12-10-15(21)11-13-16/h5-6,8-13H,2-4,7,14H2,1H3,(H2,22,23,24,26). The summed E-state index contributed by atoms with van der Waals surface area (Å²) in [5.41, 5.74) is 1.28. The summed E-state index contributed by atoms with van der Waals surface area (Å²) >= 11 is 8.61. The Morgan fingerprint density at radius 3 is 2.54 bits per heavy atom. The van der Waals surface area contributed by atoms with Crippen LogP contribution in [0.1, 0.15) is 43.0 Å². The first-order valence-corrected chi connectivity index (χ1v) is 9.90. The van der Waals surface area contributed by atoms with Gasteiger partial charge in [0.25, 0.3) is 5.91 Å². The molecule has 0 unspecified atom stereocenters. The Bertz CT molecular complexity index is 735. The summed E-state index contributed by atoms with van der Waals surface area (Å²) in [5.74, 6) is 0.289. The van der Waals surface area contributed by atoms with E-state index in [2.05, 4.69) is 33.5 Å². The van der Waals surface area contributed by atoms with Crippen LogP contribution in [0.4, 0.5) is 5.69 Å². The number of benzene rings is 2. The molecule has 1 amide bonds. The number of nitrogens with one attached hydrogen (secondary N) is 2. The van der Waals surface area contributed by atoms with Gasteiger partial charge < -0.3 is 10.1 Å². The van der Waals surface area contributed by atoms with Crippen LogP contribution in [0.3, 0.4) is 0 Å². The lowest BCUT2D eigenvalue weighted by Crippen LogP contribution is -2.34. The number of unbranched alkanes of at least 4 members (excludes halogenated alkanes) is 3. The van der Waals surface area contributed by atoms with Gasteiger partial charge in [-0.3, -0.25) is 10.1 Å². The van der Waals surface area contributed by atoms with Crippen LogP contribution in [0.25, 0.3) is 0 Å². The highest BCUT2D eigenvalue weighted by molar-refractivity contribution is 9.10. The Balaban J connectivity index is 1.91. The van der Waals surface area contributed by atoms with E-state index in [0.717, 1.165) is 23.0 Å². The highest BCUT2D eigenvalue weighted by Gasteiger charge is 2.13. The van der Waals surface area contributed by atoms with E-state index >= 15 is 0 Å². The fourth-order valence-corrected chi connectivity index (χ4v) is 2.83. The number of rotatable bonds is 8. The molecule has 2 rings (SSSR count).